The number of carbonyl (C=O) groups is 1. The number of amides is 1. The molecule has 5 nitrogen and oxygen atoms in total. The van der Waals surface area contributed by atoms with E-state index in [2.05, 4.69) is 15.3 Å². The normalized spacial score (nSPS) is 11.8. The van der Waals surface area contributed by atoms with Crippen molar-refractivity contribution in [2.45, 2.75) is 6.04 Å². The van der Waals surface area contributed by atoms with Crippen LogP contribution in [0, 0.1) is 0 Å². The molecular formula is C12H12N4O. The minimum absolute atomic E-state index is 0.254. The molecule has 0 radical (unpaired) electrons. The van der Waals surface area contributed by atoms with E-state index < -0.39 is 6.04 Å². The number of rotatable bonds is 3. The largest absolute Gasteiger partial charge is 0.316 e. The van der Waals surface area contributed by atoms with Gasteiger partial charge in [-0.15, -0.1) is 0 Å². The van der Waals surface area contributed by atoms with Gasteiger partial charge in [0.15, 0.2) is 0 Å². The smallest absolute Gasteiger partial charge is 0.248 e. The van der Waals surface area contributed by atoms with E-state index in [9.17, 15) is 4.79 Å². The molecule has 0 saturated heterocycles. The third-order valence-corrected chi connectivity index (χ3v) is 2.24. The van der Waals surface area contributed by atoms with E-state index in [4.69, 9.17) is 5.73 Å². The van der Waals surface area contributed by atoms with Crippen LogP contribution < -0.4 is 11.1 Å². The number of anilines is 1. The number of nitrogens with two attached hydrogens (primary N) is 1. The predicted octanol–water partition coefficient (Wildman–Crippen LogP) is 1.12. The van der Waals surface area contributed by atoms with Gasteiger partial charge in [0.1, 0.15) is 6.04 Å². The van der Waals surface area contributed by atoms with Gasteiger partial charge in [-0.2, -0.15) is 0 Å². The van der Waals surface area contributed by atoms with Crippen molar-refractivity contribution in [2.24, 2.45) is 5.73 Å². The minimum Gasteiger partial charge on any atom is -0.316 e. The summed E-state index contributed by atoms with van der Waals surface area (Å²) in [6.07, 6.45) is 3.10. The molecule has 2 rings (SSSR count). The lowest BCUT2D eigenvalue weighted by Crippen LogP contribution is -2.28. The van der Waals surface area contributed by atoms with Crippen molar-refractivity contribution in [1.29, 1.82) is 0 Å². The molecule has 1 atom stereocenters. The zero-order valence-corrected chi connectivity index (χ0v) is 9.08. The second kappa shape index (κ2) is 5.18. The number of nitrogens with zero attached hydrogens (tertiary/aromatic N) is 2. The lowest BCUT2D eigenvalue weighted by Gasteiger charge is -2.11. The van der Waals surface area contributed by atoms with Gasteiger partial charge >= 0.3 is 0 Å². The minimum atomic E-state index is -0.722. The SMILES string of the molecule is N[C@H](C(=O)Nc1ncccn1)c1ccccc1. The zero-order valence-electron chi connectivity index (χ0n) is 9.08. The fraction of sp³-hybridized carbons (Fsp3) is 0.0833. The Bertz CT molecular complexity index is 486. The summed E-state index contributed by atoms with van der Waals surface area (Å²) in [7, 11) is 0. The summed E-state index contributed by atoms with van der Waals surface area (Å²) in [5.41, 5.74) is 6.57. The highest BCUT2D eigenvalue weighted by molar-refractivity contribution is 5.93. The van der Waals surface area contributed by atoms with E-state index >= 15 is 0 Å². The molecule has 2 aromatic rings. The van der Waals surface area contributed by atoms with Crippen molar-refractivity contribution in [2.75, 3.05) is 5.32 Å². The van der Waals surface area contributed by atoms with Crippen LogP contribution in [-0.4, -0.2) is 15.9 Å². The van der Waals surface area contributed by atoms with Crippen LogP contribution in [0.4, 0.5) is 5.95 Å². The van der Waals surface area contributed by atoms with Crippen molar-refractivity contribution in [3.05, 3.63) is 54.4 Å². The summed E-state index contributed by atoms with van der Waals surface area (Å²) < 4.78 is 0. The Morgan fingerprint density at radius 1 is 1.12 bits per heavy atom. The number of hydrogen-bond donors (Lipinski definition) is 2. The first-order valence-corrected chi connectivity index (χ1v) is 5.16. The van der Waals surface area contributed by atoms with Crippen LogP contribution in [0.15, 0.2) is 48.8 Å². The van der Waals surface area contributed by atoms with Crippen LogP contribution in [0.1, 0.15) is 11.6 Å². The van der Waals surface area contributed by atoms with Gasteiger partial charge in [0, 0.05) is 12.4 Å². The summed E-state index contributed by atoms with van der Waals surface area (Å²) in [5.74, 6) is -0.0775. The van der Waals surface area contributed by atoms with Crippen molar-refractivity contribution in [1.82, 2.24) is 9.97 Å². The maximum atomic E-state index is 11.8. The zero-order chi connectivity index (χ0) is 12.1. The maximum Gasteiger partial charge on any atom is 0.248 e. The van der Waals surface area contributed by atoms with Gasteiger partial charge in [0.2, 0.25) is 11.9 Å². The van der Waals surface area contributed by atoms with Crippen LogP contribution in [0.5, 0.6) is 0 Å². The average Bonchev–Trinajstić information content (AvgIpc) is 2.40. The quantitative estimate of drug-likeness (QED) is 0.824. The molecule has 0 aliphatic rings. The van der Waals surface area contributed by atoms with Gasteiger partial charge in [-0.1, -0.05) is 30.3 Å². The Morgan fingerprint density at radius 2 is 1.76 bits per heavy atom. The summed E-state index contributed by atoms with van der Waals surface area (Å²) in [6.45, 7) is 0. The van der Waals surface area contributed by atoms with Crippen LogP contribution >= 0.6 is 0 Å². The molecule has 1 heterocycles. The Balaban J connectivity index is 2.06. The van der Waals surface area contributed by atoms with Crippen LogP contribution in [0.2, 0.25) is 0 Å². The molecule has 1 amide bonds. The van der Waals surface area contributed by atoms with E-state index in [1.165, 1.54) is 0 Å². The average molecular weight is 228 g/mol. The maximum absolute atomic E-state index is 11.8. The third kappa shape index (κ3) is 2.85. The van der Waals surface area contributed by atoms with Gasteiger partial charge < -0.3 is 5.73 Å². The standard InChI is InChI=1S/C12H12N4O/c13-10(9-5-2-1-3-6-9)11(17)16-12-14-7-4-8-15-12/h1-8,10H,13H2,(H,14,15,16,17)/t10-/m0/s1. The second-order valence-corrected chi connectivity index (χ2v) is 3.45. The van der Waals surface area contributed by atoms with E-state index in [-0.39, 0.29) is 11.9 Å². The highest BCUT2D eigenvalue weighted by Crippen LogP contribution is 2.10. The molecular weight excluding hydrogens is 216 g/mol. The van der Waals surface area contributed by atoms with Gasteiger partial charge in [-0.05, 0) is 11.6 Å². The molecule has 0 aliphatic heterocycles. The molecule has 0 unspecified atom stereocenters. The van der Waals surface area contributed by atoms with Crippen LogP contribution in [0.25, 0.3) is 0 Å². The molecule has 0 spiro atoms. The number of carbonyl (C=O) groups excluding carboxylic acids is 1. The summed E-state index contributed by atoms with van der Waals surface area (Å²) in [6, 6.07) is 10.1. The molecule has 5 heteroatoms. The Hall–Kier alpha value is -2.27. The molecule has 0 aliphatic carbocycles. The molecule has 1 aromatic carbocycles. The number of benzene rings is 1. The summed E-state index contributed by atoms with van der Waals surface area (Å²) >= 11 is 0. The highest BCUT2D eigenvalue weighted by Gasteiger charge is 2.15. The van der Waals surface area contributed by atoms with Gasteiger partial charge in [0.25, 0.3) is 0 Å². The predicted molar refractivity (Wildman–Crippen MR) is 64.0 cm³/mol. The van der Waals surface area contributed by atoms with Gasteiger partial charge in [-0.3, -0.25) is 10.1 Å². The first-order chi connectivity index (χ1) is 8.27. The molecule has 1 aromatic heterocycles. The van der Waals surface area contributed by atoms with E-state index in [1.807, 2.05) is 18.2 Å². The molecule has 3 N–H and O–H groups in total. The lowest BCUT2D eigenvalue weighted by atomic mass is 10.1. The fourth-order valence-electron chi connectivity index (χ4n) is 1.36. The molecule has 0 bridgehead atoms. The number of nitrogens with one attached hydrogen (secondary N) is 1. The topological polar surface area (TPSA) is 80.9 Å². The first-order valence-electron chi connectivity index (χ1n) is 5.16. The Labute approximate surface area is 98.7 Å². The van der Waals surface area contributed by atoms with Crippen molar-refractivity contribution in [3.63, 3.8) is 0 Å². The van der Waals surface area contributed by atoms with Gasteiger partial charge in [0.05, 0.1) is 0 Å². The van der Waals surface area contributed by atoms with Gasteiger partial charge in [-0.25, -0.2) is 9.97 Å². The van der Waals surface area contributed by atoms with E-state index in [1.54, 1.807) is 30.6 Å². The van der Waals surface area contributed by atoms with E-state index in [0.717, 1.165) is 5.56 Å². The van der Waals surface area contributed by atoms with Crippen LogP contribution in [0.3, 0.4) is 0 Å². The Kier molecular flexibility index (Phi) is 3.42. The monoisotopic (exact) mass is 228 g/mol. The summed E-state index contributed by atoms with van der Waals surface area (Å²) in [5, 5.41) is 2.55. The number of hydrogen-bond acceptors (Lipinski definition) is 4. The van der Waals surface area contributed by atoms with Crippen molar-refractivity contribution >= 4 is 11.9 Å². The van der Waals surface area contributed by atoms with E-state index in [0.29, 0.717) is 0 Å². The van der Waals surface area contributed by atoms with Crippen LogP contribution in [-0.2, 0) is 4.79 Å². The lowest BCUT2D eigenvalue weighted by molar-refractivity contribution is -0.117. The molecule has 86 valence electrons. The molecule has 17 heavy (non-hydrogen) atoms. The van der Waals surface area contributed by atoms with Crippen molar-refractivity contribution in [3.8, 4) is 0 Å². The van der Waals surface area contributed by atoms with Crippen molar-refractivity contribution < 1.29 is 4.79 Å². The highest BCUT2D eigenvalue weighted by atomic mass is 16.2. The molecule has 0 fully saturated rings. The fourth-order valence-corrected chi connectivity index (χ4v) is 1.36. The summed E-state index contributed by atoms with van der Waals surface area (Å²) in [4.78, 5) is 19.6. The Morgan fingerprint density at radius 3 is 2.41 bits per heavy atom. The first kappa shape index (κ1) is 11.2. The molecule has 0 saturated carbocycles. The number of aromatic nitrogens is 2. The second-order valence-electron chi connectivity index (χ2n) is 3.45. The third-order valence-electron chi connectivity index (χ3n) is 2.24.